The van der Waals surface area contributed by atoms with Crippen LogP contribution >= 0.6 is 0 Å². The minimum Gasteiger partial charge on any atom is -0.497 e. The van der Waals surface area contributed by atoms with E-state index < -0.39 is 0 Å². The first-order valence-corrected chi connectivity index (χ1v) is 10.8. The fraction of sp³-hybridized carbons (Fsp3) is 0.417. The topological polar surface area (TPSA) is 81.1 Å². The SMILES string of the molecule is COc1ccc(OC)c([C@H]2CCC[NH+]2CC(=O)Nc2ccccc2C(=O)NC2CC2)c1. The molecule has 2 aromatic carbocycles. The lowest BCUT2D eigenvalue weighted by Crippen LogP contribution is -3.11. The van der Waals surface area contributed by atoms with Crippen LogP contribution in [0.3, 0.4) is 0 Å². The van der Waals surface area contributed by atoms with Gasteiger partial charge in [0, 0.05) is 18.9 Å². The third-order valence-electron chi connectivity index (χ3n) is 6.04. The number of benzene rings is 2. The van der Waals surface area contributed by atoms with Crippen LogP contribution in [0.4, 0.5) is 5.69 Å². The maximum absolute atomic E-state index is 12.9. The Morgan fingerprint density at radius 3 is 2.61 bits per heavy atom. The molecule has 7 heteroatoms. The summed E-state index contributed by atoms with van der Waals surface area (Å²) in [6.07, 6.45) is 4.06. The van der Waals surface area contributed by atoms with Gasteiger partial charge in [-0.3, -0.25) is 9.59 Å². The quantitative estimate of drug-likeness (QED) is 0.605. The van der Waals surface area contributed by atoms with Gasteiger partial charge in [0.25, 0.3) is 11.8 Å². The van der Waals surface area contributed by atoms with Gasteiger partial charge in [-0.2, -0.15) is 0 Å². The van der Waals surface area contributed by atoms with Crippen molar-refractivity contribution >= 4 is 17.5 Å². The van der Waals surface area contributed by atoms with Gasteiger partial charge in [-0.05, 0) is 43.2 Å². The number of ether oxygens (including phenoxy) is 2. The third-order valence-corrected chi connectivity index (χ3v) is 6.04. The Labute approximate surface area is 182 Å². The zero-order valence-corrected chi connectivity index (χ0v) is 18.1. The summed E-state index contributed by atoms with van der Waals surface area (Å²) in [6.45, 7) is 1.23. The predicted molar refractivity (Wildman–Crippen MR) is 118 cm³/mol. The molecule has 0 spiro atoms. The van der Waals surface area contributed by atoms with Crippen LogP contribution in [0.5, 0.6) is 11.5 Å². The molecule has 1 heterocycles. The summed E-state index contributed by atoms with van der Waals surface area (Å²) in [5.41, 5.74) is 2.12. The average Bonchev–Trinajstić information content (AvgIpc) is 3.48. The van der Waals surface area contributed by atoms with Gasteiger partial charge in [0.05, 0.1) is 37.6 Å². The van der Waals surface area contributed by atoms with Gasteiger partial charge < -0.3 is 25.0 Å². The summed E-state index contributed by atoms with van der Waals surface area (Å²) in [5, 5.41) is 5.95. The van der Waals surface area contributed by atoms with Crippen LogP contribution in [0, 0.1) is 0 Å². The molecule has 1 aliphatic heterocycles. The van der Waals surface area contributed by atoms with Crippen LogP contribution in [-0.4, -0.2) is 45.2 Å². The lowest BCUT2D eigenvalue weighted by Gasteiger charge is -2.23. The summed E-state index contributed by atoms with van der Waals surface area (Å²) in [7, 11) is 3.31. The highest BCUT2D eigenvalue weighted by Crippen LogP contribution is 2.31. The molecule has 0 bridgehead atoms. The van der Waals surface area contributed by atoms with Crippen molar-refractivity contribution in [3.63, 3.8) is 0 Å². The number of anilines is 1. The maximum Gasteiger partial charge on any atom is 0.279 e. The Morgan fingerprint density at radius 2 is 1.87 bits per heavy atom. The molecular weight excluding hydrogens is 394 g/mol. The highest BCUT2D eigenvalue weighted by atomic mass is 16.5. The van der Waals surface area contributed by atoms with Gasteiger partial charge in [0.15, 0.2) is 6.54 Å². The normalized spacial score (nSPS) is 20.2. The molecule has 1 aliphatic carbocycles. The van der Waals surface area contributed by atoms with Gasteiger partial charge in [0.1, 0.15) is 17.5 Å². The Bertz CT molecular complexity index is 958. The molecule has 0 radical (unpaired) electrons. The smallest absolute Gasteiger partial charge is 0.279 e. The molecule has 2 aromatic rings. The third kappa shape index (κ3) is 4.99. The lowest BCUT2D eigenvalue weighted by atomic mass is 10.0. The summed E-state index contributed by atoms with van der Waals surface area (Å²) in [4.78, 5) is 26.6. The van der Waals surface area contributed by atoms with Crippen molar-refractivity contribution in [3.05, 3.63) is 53.6 Å². The first-order valence-electron chi connectivity index (χ1n) is 10.8. The van der Waals surface area contributed by atoms with Gasteiger partial charge in [-0.15, -0.1) is 0 Å². The van der Waals surface area contributed by atoms with E-state index in [9.17, 15) is 9.59 Å². The molecule has 1 saturated heterocycles. The molecule has 0 aromatic heterocycles. The fourth-order valence-electron chi connectivity index (χ4n) is 4.29. The van der Waals surface area contributed by atoms with Gasteiger partial charge in [-0.1, -0.05) is 12.1 Å². The number of para-hydroxylation sites is 1. The fourth-order valence-corrected chi connectivity index (χ4v) is 4.29. The molecule has 2 aliphatic rings. The molecule has 1 saturated carbocycles. The summed E-state index contributed by atoms with van der Waals surface area (Å²) >= 11 is 0. The number of hydrogen-bond acceptors (Lipinski definition) is 4. The molecule has 1 unspecified atom stereocenters. The second-order valence-corrected chi connectivity index (χ2v) is 8.23. The molecule has 7 nitrogen and oxygen atoms in total. The van der Waals surface area contributed by atoms with Gasteiger partial charge in [0.2, 0.25) is 0 Å². The predicted octanol–water partition coefficient (Wildman–Crippen LogP) is 1.95. The molecular formula is C24H30N3O4+. The van der Waals surface area contributed by atoms with Crippen LogP contribution in [0.2, 0.25) is 0 Å². The Kier molecular flexibility index (Phi) is 6.42. The Morgan fingerprint density at radius 1 is 1.06 bits per heavy atom. The van der Waals surface area contributed by atoms with E-state index in [1.165, 1.54) is 4.90 Å². The number of likely N-dealkylation sites (tertiary alicyclic amines) is 1. The minimum absolute atomic E-state index is 0.101. The number of rotatable bonds is 8. The molecule has 31 heavy (non-hydrogen) atoms. The van der Waals surface area contributed by atoms with Crippen molar-refractivity contribution in [1.29, 1.82) is 0 Å². The zero-order chi connectivity index (χ0) is 21.8. The minimum atomic E-state index is -0.133. The summed E-state index contributed by atoms with van der Waals surface area (Å²) in [5.74, 6) is 1.36. The molecule has 2 atom stereocenters. The number of quaternary nitrogens is 1. The van der Waals surface area contributed by atoms with Crippen LogP contribution in [-0.2, 0) is 4.79 Å². The van der Waals surface area contributed by atoms with Crippen molar-refractivity contribution in [2.75, 3.05) is 32.6 Å². The summed E-state index contributed by atoms with van der Waals surface area (Å²) in [6, 6.07) is 13.4. The zero-order valence-electron chi connectivity index (χ0n) is 18.1. The van der Waals surface area contributed by atoms with E-state index in [1.807, 2.05) is 30.3 Å². The van der Waals surface area contributed by atoms with Gasteiger partial charge in [-0.25, -0.2) is 0 Å². The standard InChI is InChI=1S/C24H29N3O4/c1-30-17-11-12-22(31-2)19(14-17)21-8-5-13-27(21)15-23(28)26-20-7-4-3-6-18(20)24(29)25-16-9-10-16/h3-4,6-7,11-12,14,16,21H,5,8-10,13,15H2,1-2H3,(H,25,29)(H,26,28)/p+1/t21-/m1/s1. The van der Waals surface area contributed by atoms with E-state index in [2.05, 4.69) is 10.6 Å². The highest BCUT2D eigenvalue weighted by Gasteiger charge is 2.34. The van der Waals surface area contributed by atoms with E-state index in [-0.39, 0.29) is 23.9 Å². The van der Waals surface area contributed by atoms with E-state index in [0.717, 1.165) is 49.3 Å². The Balaban J connectivity index is 1.46. The van der Waals surface area contributed by atoms with Gasteiger partial charge >= 0.3 is 0 Å². The number of carbonyl (C=O) groups is 2. The molecule has 2 fully saturated rings. The molecule has 164 valence electrons. The van der Waals surface area contributed by atoms with Crippen LogP contribution in [0.25, 0.3) is 0 Å². The second kappa shape index (κ2) is 9.39. The monoisotopic (exact) mass is 424 g/mol. The van der Waals surface area contributed by atoms with Crippen LogP contribution < -0.4 is 25.0 Å². The van der Waals surface area contributed by atoms with Crippen molar-refractivity contribution in [1.82, 2.24) is 5.32 Å². The Hall–Kier alpha value is -3.06. The van der Waals surface area contributed by atoms with Crippen molar-refractivity contribution in [2.24, 2.45) is 0 Å². The second-order valence-electron chi connectivity index (χ2n) is 8.23. The van der Waals surface area contributed by atoms with E-state index in [1.54, 1.807) is 26.4 Å². The number of carbonyl (C=O) groups excluding carboxylic acids is 2. The lowest BCUT2D eigenvalue weighted by molar-refractivity contribution is -0.910. The molecule has 3 N–H and O–H groups in total. The number of methoxy groups -OCH3 is 2. The first kappa shape index (κ1) is 21.2. The van der Waals surface area contributed by atoms with E-state index in [4.69, 9.17) is 9.47 Å². The number of hydrogen-bond donors (Lipinski definition) is 3. The first-order chi connectivity index (χ1) is 15.1. The van der Waals surface area contributed by atoms with Crippen LogP contribution in [0.15, 0.2) is 42.5 Å². The van der Waals surface area contributed by atoms with E-state index >= 15 is 0 Å². The summed E-state index contributed by atoms with van der Waals surface area (Å²) < 4.78 is 11.0. The highest BCUT2D eigenvalue weighted by molar-refractivity contribution is 6.04. The largest absolute Gasteiger partial charge is 0.497 e. The number of amides is 2. The van der Waals surface area contributed by atoms with Crippen molar-refractivity contribution in [3.8, 4) is 11.5 Å². The van der Waals surface area contributed by atoms with Crippen molar-refractivity contribution in [2.45, 2.75) is 37.8 Å². The molecule has 4 rings (SSSR count). The van der Waals surface area contributed by atoms with E-state index in [0.29, 0.717) is 17.8 Å². The maximum atomic E-state index is 12.9. The number of nitrogens with one attached hydrogen (secondary N) is 3. The van der Waals surface area contributed by atoms with Crippen LogP contribution in [0.1, 0.15) is 47.6 Å². The van der Waals surface area contributed by atoms with Crippen molar-refractivity contribution < 1.29 is 24.0 Å². The average molecular weight is 425 g/mol. The molecule has 2 amide bonds.